The first-order valence-corrected chi connectivity index (χ1v) is 7.35. The second kappa shape index (κ2) is 5.80. The Morgan fingerprint density at radius 2 is 2.00 bits per heavy atom. The van der Waals surface area contributed by atoms with E-state index in [4.69, 9.17) is 0 Å². The molecule has 2 aromatic rings. The van der Waals surface area contributed by atoms with E-state index in [1.807, 2.05) is 0 Å². The Morgan fingerprint density at radius 1 is 1.29 bits per heavy atom. The molecule has 0 amide bonds. The summed E-state index contributed by atoms with van der Waals surface area (Å²) in [6.07, 6.45) is 0. The van der Waals surface area contributed by atoms with Crippen molar-refractivity contribution < 1.29 is 0 Å². The van der Waals surface area contributed by atoms with E-state index in [-0.39, 0.29) is 0 Å². The van der Waals surface area contributed by atoms with Crippen molar-refractivity contribution in [2.24, 2.45) is 0 Å². The predicted molar refractivity (Wildman–Crippen MR) is 78.5 cm³/mol. The van der Waals surface area contributed by atoms with E-state index >= 15 is 0 Å². The van der Waals surface area contributed by atoms with Crippen molar-refractivity contribution in [3.63, 3.8) is 0 Å². The van der Waals surface area contributed by atoms with E-state index in [9.17, 15) is 0 Å². The smallest absolute Gasteiger partial charge is 0.0701 e. The van der Waals surface area contributed by atoms with Gasteiger partial charge in [0.1, 0.15) is 0 Å². The summed E-state index contributed by atoms with van der Waals surface area (Å²) in [6.45, 7) is 5.23. The van der Waals surface area contributed by atoms with E-state index in [1.165, 1.54) is 20.5 Å². The highest BCUT2D eigenvalue weighted by Gasteiger charge is 2.05. The third-order valence-electron chi connectivity index (χ3n) is 2.81. The van der Waals surface area contributed by atoms with Gasteiger partial charge < -0.3 is 5.32 Å². The lowest BCUT2D eigenvalue weighted by molar-refractivity contribution is 0.575. The third kappa shape index (κ3) is 3.66. The molecular weight excluding hydrogens is 294 g/mol. The van der Waals surface area contributed by atoms with Gasteiger partial charge in [0, 0.05) is 12.6 Å². The van der Waals surface area contributed by atoms with Crippen LogP contribution in [0.1, 0.15) is 29.7 Å². The molecule has 0 spiro atoms. The number of benzene rings is 1. The van der Waals surface area contributed by atoms with Crippen LogP contribution in [0, 0.1) is 6.92 Å². The zero-order valence-corrected chi connectivity index (χ0v) is 12.4. The minimum absolute atomic E-state index is 0.384. The Balaban J connectivity index is 1.93. The lowest BCUT2D eigenvalue weighted by atomic mass is 10.1. The summed E-state index contributed by atoms with van der Waals surface area (Å²) in [5.41, 5.74) is 3.98. The van der Waals surface area contributed by atoms with Crippen molar-refractivity contribution in [1.82, 2.24) is 5.32 Å². The first kappa shape index (κ1) is 12.8. The molecule has 2 rings (SSSR count). The van der Waals surface area contributed by atoms with Crippen LogP contribution in [0.15, 0.2) is 39.5 Å². The largest absolute Gasteiger partial charge is 0.306 e. The molecule has 0 unspecified atom stereocenters. The predicted octanol–water partition coefficient (Wildman–Crippen LogP) is 4.67. The van der Waals surface area contributed by atoms with Gasteiger partial charge in [-0.25, -0.2) is 0 Å². The molecule has 1 heterocycles. The van der Waals surface area contributed by atoms with Crippen molar-refractivity contribution in [1.29, 1.82) is 0 Å². The van der Waals surface area contributed by atoms with Crippen molar-refractivity contribution in [3.8, 4) is 0 Å². The van der Waals surface area contributed by atoms with Crippen LogP contribution < -0.4 is 5.32 Å². The highest BCUT2D eigenvalue weighted by molar-refractivity contribution is 9.11. The van der Waals surface area contributed by atoms with Crippen LogP contribution in [-0.2, 0) is 6.54 Å². The van der Waals surface area contributed by atoms with Crippen LogP contribution in [0.4, 0.5) is 0 Å². The van der Waals surface area contributed by atoms with Gasteiger partial charge in [-0.15, -0.1) is 11.3 Å². The van der Waals surface area contributed by atoms with Gasteiger partial charge in [0.25, 0.3) is 0 Å². The maximum atomic E-state index is 3.53. The summed E-state index contributed by atoms with van der Waals surface area (Å²) in [6, 6.07) is 11.3. The number of thiophene rings is 1. The van der Waals surface area contributed by atoms with Gasteiger partial charge in [0.2, 0.25) is 0 Å². The van der Waals surface area contributed by atoms with Gasteiger partial charge in [-0.05, 0) is 52.4 Å². The average Bonchev–Trinajstić information content (AvgIpc) is 2.73. The van der Waals surface area contributed by atoms with Gasteiger partial charge in [-0.3, -0.25) is 0 Å². The molecule has 1 atom stereocenters. The Morgan fingerprint density at radius 3 is 2.59 bits per heavy atom. The van der Waals surface area contributed by atoms with Crippen LogP contribution in [0.3, 0.4) is 0 Å². The Kier molecular flexibility index (Phi) is 4.37. The molecule has 0 saturated carbocycles. The number of rotatable bonds is 4. The molecule has 1 aromatic carbocycles. The highest BCUT2D eigenvalue weighted by atomic mass is 79.9. The fraction of sp³-hybridized carbons (Fsp3) is 0.286. The molecule has 0 aliphatic heterocycles. The molecule has 0 bridgehead atoms. The van der Waals surface area contributed by atoms with Crippen LogP contribution in [-0.4, -0.2) is 0 Å². The molecule has 0 radical (unpaired) electrons. The van der Waals surface area contributed by atoms with E-state index in [0.29, 0.717) is 6.04 Å². The van der Waals surface area contributed by atoms with Crippen LogP contribution in [0.25, 0.3) is 0 Å². The van der Waals surface area contributed by atoms with Gasteiger partial charge in [-0.2, -0.15) is 0 Å². The molecule has 0 aliphatic carbocycles. The zero-order chi connectivity index (χ0) is 12.3. The minimum atomic E-state index is 0.384. The number of nitrogens with one attached hydrogen (secondary N) is 1. The van der Waals surface area contributed by atoms with Gasteiger partial charge in [0.05, 0.1) is 3.79 Å². The highest BCUT2D eigenvalue weighted by Crippen LogP contribution is 2.21. The normalized spacial score (nSPS) is 12.6. The third-order valence-corrected chi connectivity index (χ3v) is 4.36. The fourth-order valence-electron chi connectivity index (χ4n) is 1.68. The summed E-state index contributed by atoms with van der Waals surface area (Å²) >= 11 is 5.21. The lowest BCUT2D eigenvalue weighted by Crippen LogP contribution is -2.17. The Hall–Kier alpha value is -0.640. The fourth-order valence-corrected chi connectivity index (χ4v) is 2.89. The molecule has 0 aliphatic rings. The molecule has 3 heteroatoms. The molecule has 1 aromatic heterocycles. The molecule has 1 N–H and O–H groups in total. The minimum Gasteiger partial charge on any atom is -0.306 e. The van der Waals surface area contributed by atoms with Crippen molar-refractivity contribution in [2.75, 3.05) is 0 Å². The molecule has 0 saturated heterocycles. The molecule has 1 nitrogen and oxygen atoms in total. The van der Waals surface area contributed by atoms with Crippen molar-refractivity contribution in [2.45, 2.75) is 26.4 Å². The van der Waals surface area contributed by atoms with Gasteiger partial charge in [0.15, 0.2) is 0 Å². The topological polar surface area (TPSA) is 12.0 Å². The number of hydrogen-bond acceptors (Lipinski definition) is 2. The molecule has 90 valence electrons. The van der Waals surface area contributed by atoms with E-state index < -0.39 is 0 Å². The SMILES string of the molecule is Cc1ccc([C@@H](C)NCc2csc(Br)c2)cc1. The molecule has 0 fully saturated rings. The van der Waals surface area contributed by atoms with Gasteiger partial charge >= 0.3 is 0 Å². The van der Waals surface area contributed by atoms with E-state index in [2.05, 4.69) is 70.8 Å². The standard InChI is InChI=1S/C14H16BrNS/c1-10-3-5-13(6-4-10)11(2)16-8-12-7-14(15)17-9-12/h3-7,9,11,16H,8H2,1-2H3/t11-/m1/s1. The van der Waals surface area contributed by atoms with E-state index in [1.54, 1.807) is 11.3 Å². The maximum Gasteiger partial charge on any atom is 0.0701 e. The Bertz CT molecular complexity index is 475. The quantitative estimate of drug-likeness (QED) is 0.865. The van der Waals surface area contributed by atoms with Crippen LogP contribution in [0.5, 0.6) is 0 Å². The lowest BCUT2D eigenvalue weighted by Gasteiger charge is -2.13. The second-order valence-corrected chi connectivity index (χ2v) is 6.56. The number of halogens is 1. The summed E-state index contributed by atoms with van der Waals surface area (Å²) < 4.78 is 1.19. The second-order valence-electron chi connectivity index (χ2n) is 4.27. The van der Waals surface area contributed by atoms with Crippen molar-refractivity contribution >= 4 is 27.3 Å². The van der Waals surface area contributed by atoms with Crippen molar-refractivity contribution in [3.05, 3.63) is 56.2 Å². The van der Waals surface area contributed by atoms with Gasteiger partial charge in [-0.1, -0.05) is 29.8 Å². The summed E-state index contributed by atoms with van der Waals surface area (Å²) in [5.74, 6) is 0. The van der Waals surface area contributed by atoms with E-state index in [0.717, 1.165) is 6.54 Å². The number of hydrogen-bond donors (Lipinski definition) is 1. The first-order valence-electron chi connectivity index (χ1n) is 5.68. The maximum absolute atomic E-state index is 3.53. The van der Waals surface area contributed by atoms with Crippen LogP contribution in [0.2, 0.25) is 0 Å². The molecular formula is C14H16BrNS. The first-order chi connectivity index (χ1) is 8.15. The average molecular weight is 310 g/mol. The summed E-state index contributed by atoms with van der Waals surface area (Å²) in [7, 11) is 0. The number of aryl methyl sites for hydroxylation is 1. The zero-order valence-electron chi connectivity index (χ0n) is 10.0. The summed E-state index contributed by atoms with van der Waals surface area (Å²) in [4.78, 5) is 0. The van der Waals surface area contributed by atoms with Crippen LogP contribution >= 0.6 is 27.3 Å². The monoisotopic (exact) mass is 309 g/mol. The molecule has 17 heavy (non-hydrogen) atoms. The Labute approximate surface area is 115 Å². The summed E-state index contributed by atoms with van der Waals surface area (Å²) in [5, 5.41) is 5.71.